The van der Waals surface area contributed by atoms with Gasteiger partial charge in [-0.3, -0.25) is 20.2 Å². The minimum atomic E-state index is -0.720. The molecule has 2 aromatic rings. The molecule has 0 aliphatic heterocycles. The first-order valence-corrected chi connectivity index (χ1v) is 9.61. The van der Waals surface area contributed by atoms with Crippen molar-refractivity contribution in [1.82, 2.24) is 0 Å². The Labute approximate surface area is 179 Å². The van der Waals surface area contributed by atoms with Crippen molar-refractivity contribution < 1.29 is 23.6 Å². The summed E-state index contributed by atoms with van der Waals surface area (Å²) in [7, 11) is 0. The Hall–Kier alpha value is -3.69. The van der Waals surface area contributed by atoms with Gasteiger partial charge < -0.3 is 15.4 Å². The number of nitrogens with one attached hydrogen (secondary N) is 3. The number of hydrogen-bond donors (Lipinski definition) is 3. The summed E-state index contributed by atoms with van der Waals surface area (Å²) in [6.07, 6.45) is -0.114. The third kappa shape index (κ3) is 8.29. The maximum absolute atomic E-state index is 13.6. The lowest BCUT2D eigenvalue weighted by molar-refractivity contribution is -0.384. The smallest absolute Gasteiger partial charge is 0.412 e. The van der Waals surface area contributed by atoms with Crippen molar-refractivity contribution in [3.63, 3.8) is 0 Å². The topological polar surface area (TPSA) is 123 Å². The van der Waals surface area contributed by atoms with E-state index in [4.69, 9.17) is 4.74 Å². The summed E-state index contributed by atoms with van der Waals surface area (Å²) in [4.78, 5) is 34.4. The number of amides is 2. The number of non-ortho nitro benzene ring substituents is 1. The summed E-state index contributed by atoms with van der Waals surface area (Å²) in [6.45, 7) is 5.59. The molecule has 2 amide bonds. The van der Waals surface area contributed by atoms with Gasteiger partial charge in [0.05, 0.1) is 16.3 Å². The van der Waals surface area contributed by atoms with E-state index in [1.807, 2.05) is 0 Å². The largest absolute Gasteiger partial charge is 0.444 e. The van der Waals surface area contributed by atoms with Crippen molar-refractivity contribution in [3.05, 3.63) is 58.4 Å². The summed E-state index contributed by atoms with van der Waals surface area (Å²) in [5.74, 6) is -0.923. The van der Waals surface area contributed by atoms with E-state index in [1.54, 1.807) is 32.9 Å². The van der Waals surface area contributed by atoms with Crippen LogP contribution in [0.2, 0.25) is 0 Å². The van der Waals surface area contributed by atoms with Crippen molar-refractivity contribution in [3.8, 4) is 0 Å². The van der Waals surface area contributed by atoms with E-state index in [9.17, 15) is 24.1 Å². The molecule has 166 valence electrons. The highest BCUT2D eigenvalue weighted by atomic mass is 19.1. The molecule has 3 N–H and O–H groups in total. The standard InChI is InChI=1S/C21H25FN4O5/c1-21(2,3)31-20(28)25-17-11-6-14(22)13-18(17)24-19(27)5-4-12-23-15-7-9-16(10-8-15)26(29)30/h6-11,13,23H,4-5,12H2,1-3H3,(H,24,27)(H,25,28). The first-order valence-electron chi connectivity index (χ1n) is 9.61. The summed E-state index contributed by atoms with van der Waals surface area (Å²) in [5, 5.41) is 18.8. The molecule has 0 spiro atoms. The minimum Gasteiger partial charge on any atom is -0.444 e. The quantitative estimate of drug-likeness (QED) is 0.309. The number of rotatable bonds is 8. The minimum absolute atomic E-state index is 0.00387. The zero-order chi connectivity index (χ0) is 23.0. The lowest BCUT2D eigenvalue weighted by Crippen LogP contribution is -2.27. The fourth-order valence-electron chi connectivity index (χ4n) is 2.54. The summed E-state index contributed by atoms with van der Waals surface area (Å²) in [5.41, 5.74) is 0.326. The van der Waals surface area contributed by atoms with Crippen LogP contribution in [0.3, 0.4) is 0 Å². The molecule has 0 bridgehead atoms. The van der Waals surface area contributed by atoms with E-state index < -0.39 is 22.4 Å². The summed E-state index contributed by atoms with van der Waals surface area (Å²) >= 11 is 0. The molecule has 0 heterocycles. The Morgan fingerprint density at radius 3 is 2.35 bits per heavy atom. The van der Waals surface area contributed by atoms with Gasteiger partial charge in [0, 0.05) is 30.8 Å². The molecule has 0 fully saturated rings. The van der Waals surface area contributed by atoms with Gasteiger partial charge in [-0.1, -0.05) is 0 Å². The number of nitrogens with zero attached hydrogens (tertiary/aromatic N) is 1. The molecule has 0 unspecified atom stereocenters. The summed E-state index contributed by atoms with van der Waals surface area (Å²) < 4.78 is 18.8. The number of carbonyl (C=O) groups is 2. The fourth-order valence-corrected chi connectivity index (χ4v) is 2.54. The molecule has 0 saturated heterocycles. The van der Waals surface area contributed by atoms with Gasteiger partial charge in [-0.05, 0) is 57.5 Å². The highest BCUT2D eigenvalue weighted by Crippen LogP contribution is 2.24. The van der Waals surface area contributed by atoms with E-state index in [0.29, 0.717) is 18.7 Å². The van der Waals surface area contributed by atoms with Crippen LogP contribution in [0.15, 0.2) is 42.5 Å². The predicted octanol–water partition coefficient (Wildman–Crippen LogP) is 4.91. The van der Waals surface area contributed by atoms with Crippen LogP contribution >= 0.6 is 0 Å². The lowest BCUT2D eigenvalue weighted by Gasteiger charge is -2.20. The van der Waals surface area contributed by atoms with Crippen LogP contribution < -0.4 is 16.0 Å². The Balaban J connectivity index is 1.86. The second kappa shape index (κ2) is 10.4. The number of nitro benzene ring substituents is 1. The van der Waals surface area contributed by atoms with Crippen LogP contribution in [0.4, 0.5) is 31.9 Å². The number of halogens is 1. The molecule has 0 radical (unpaired) electrons. The van der Waals surface area contributed by atoms with Gasteiger partial charge in [-0.25, -0.2) is 9.18 Å². The Morgan fingerprint density at radius 2 is 1.74 bits per heavy atom. The fraction of sp³-hybridized carbons (Fsp3) is 0.333. The van der Waals surface area contributed by atoms with Gasteiger partial charge in [0.2, 0.25) is 5.91 Å². The molecule has 0 atom stereocenters. The second-order valence-corrected chi connectivity index (χ2v) is 7.70. The van der Waals surface area contributed by atoms with Gasteiger partial charge >= 0.3 is 6.09 Å². The normalized spacial score (nSPS) is 10.8. The van der Waals surface area contributed by atoms with Crippen molar-refractivity contribution >= 4 is 34.7 Å². The maximum atomic E-state index is 13.6. The van der Waals surface area contributed by atoms with Gasteiger partial charge in [0.1, 0.15) is 11.4 Å². The molecule has 0 saturated carbocycles. The van der Waals surface area contributed by atoms with E-state index >= 15 is 0 Å². The molecule has 2 aromatic carbocycles. The van der Waals surface area contributed by atoms with Crippen LogP contribution in [0.5, 0.6) is 0 Å². The Kier molecular flexibility index (Phi) is 7.89. The molecule has 0 aromatic heterocycles. The van der Waals surface area contributed by atoms with Crippen molar-refractivity contribution in [1.29, 1.82) is 0 Å². The van der Waals surface area contributed by atoms with Crippen LogP contribution in [0.25, 0.3) is 0 Å². The van der Waals surface area contributed by atoms with Gasteiger partial charge in [0.25, 0.3) is 5.69 Å². The molecule has 9 nitrogen and oxygen atoms in total. The maximum Gasteiger partial charge on any atom is 0.412 e. The van der Waals surface area contributed by atoms with Gasteiger partial charge in [-0.2, -0.15) is 0 Å². The highest BCUT2D eigenvalue weighted by molar-refractivity contribution is 5.97. The SMILES string of the molecule is CC(C)(C)OC(=O)Nc1ccc(F)cc1NC(=O)CCCNc1ccc([N+](=O)[O-])cc1. The van der Waals surface area contributed by atoms with E-state index in [1.165, 1.54) is 18.2 Å². The molecule has 10 heteroatoms. The van der Waals surface area contributed by atoms with Crippen molar-refractivity contribution in [2.45, 2.75) is 39.2 Å². The lowest BCUT2D eigenvalue weighted by atomic mass is 10.2. The Morgan fingerprint density at radius 1 is 1.06 bits per heavy atom. The summed E-state index contributed by atoms with van der Waals surface area (Å²) in [6, 6.07) is 9.55. The van der Waals surface area contributed by atoms with Crippen LogP contribution in [0.1, 0.15) is 33.6 Å². The highest BCUT2D eigenvalue weighted by Gasteiger charge is 2.18. The number of ether oxygens (including phenoxy) is 1. The second-order valence-electron chi connectivity index (χ2n) is 7.70. The van der Waals surface area contributed by atoms with Crippen LogP contribution in [0, 0.1) is 15.9 Å². The molecular formula is C21H25FN4O5. The van der Waals surface area contributed by atoms with E-state index in [0.717, 1.165) is 12.1 Å². The van der Waals surface area contributed by atoms with E-state index in [-0.39, 0.29) is 29.4 Å². The number of anilines is 3. The third-order valence-electron chi connectivity index (χ3n) is 3.88. The Bertz CT molecular complexity index is 942. The van der Waals surface area contributed by atoms with Crippen LogP contribution in [-0.2, 0) is 9.53 Å². The first-order chi connectivity index (χ1) is 14.5. The molecular weight excluding hydrogens is 407 g/mol. The number of nitro groups is 1. The van der Waals surface area contributed by atoms with Gasteiger partial charge in [-0.15, -0.1) is 0 Å². The number of hydrogen-bond acceptors (Lipinski definition) is 6. The average molecular weight is 432 g/mol. The molecule has 2 rings (SSSR count). The van der Waals surface area contributed by atoms with E-state index in [2.05, 4.69) is 16.0 Å². The first kappa shape index (κ1) is 23.6. The zero-order valence-electron chi connectivity index (χ0n) is 17.5. The average Bonchev–Trinajstić information content (AvgIpc) is 2.66. The van der Waals surface area contributed by atoms with Crippen molar-refractivity contribution in [2.24, 2.45) is 0 Å². The monoisotopic (exact) mass is 432 g/mol. The van der Waals surface area contributed by atoms with Gasteiger partial charge in [0.15, 0.2) is 0 Å². The van der Waals surface area contributed by atoms with Crippen LogP contribution in [-0.4, -0.2) is 29.1 Å². The molecule has 0 aliphatic rings. The predicted molar refractivity (Wildman–Crippen MR) is 116 cm³/mol. The molecule has 0 aliphatic carbocycles. The third-order valence-corrected chi connectivity index (χ3v) is 3.88. The zero-order valence-corrected chi connectivity index (χ0v) is 17.5. The number of carbonyl (C=O) groups excluding carboxylic acids is 2. The van der Waals surface area contributed by atoms with Crippen molar-refractivity contribution in [2.75, 3.05) is 22.5 Å². The molecule has 31 heavy (non-hydrogen) atoms. The number of benzene rings is 2.